The number of fused-ring (bicyclic) bond motifs is 1. The Labute approximate surface area is 89.3 Å². The van der Waals surface area contributed by atoms with Gasteiger partial charge in [-0.05, 0) is 18.2 Å². The van der Waals surface area contributed by atoms with Crippen molar-refractivity contribution in [1.82, 2.24) is 5.32 Å². The van der Waals surface area contributed by atoms with Crippen LogP contribution in [0.15, 0.2) is 5.38 Å². The molecule has 1 aliphatic rings. The van der Waals surface area contributed by atoms with Crippen molar-refractivity contribution in [1.29, 1.82) is 0 Å². The van der Waals surface area contributed by atoms with Crippen molar-refractivity contribution in [3.05, 3.63) is 15.8 Å². The van der Waals surface area contributed by atoms with Crippen molar-refractivity contribution in [3.63, 3.8) is 0 Å². The first kappa shape index (κ1) is 9.99. The Kier molecular flexibility index (Phi) is 2.79. The average molecular weight is 211 g/mol. The van der Waals surface area contributed by atoms with Gasteiger partial charge in [-0.1, -0.05) is 13.8 Å². The van der Waals surface area contributed by atoms with E-state index in [9.17, 15) is 0 Å². The van der Waals surface area contributed by atoms with Gasteiger partial charge >= 0.3 is 0 Å². The fourth-order valence-corrected chi connectivity index (χ4v) is 2.80. The second-order valence-electron chi connectivity index (χ2n) is 4.16. The molecule has 78 valence electrons. The molecule has 3 heteroatoms. The first-order chi connectivity index (χ1) is 6.68. The minimum atomic E-state index is 0.281. The second-order valence-corrected chi connectivity index (χ2v) is 5.12. The van der Waals surface area contributed by atoms with E-state index in [1.807, 2.05) is 11.3 Å². The Morgan fingerprint density at radius 1 is 1.57 bits per heavy atom. The molecule has 1 aromatic heterocycles. The zero-order valence-electron chi connectivity index (χ0n) is 8.96. The Morgan fingerprint density at radius 2 is 2.36 bits per heavy atom. The SMILES string of the molecule is CC1CNCc2scc(C(C)C)c2O1. The zero-order chi connectivity index (χ0) is 10.1. The van der Waals surface area contributed by atoms with Crippen LogP contribution in [0.1, 0.15) is 37.1 Å². The summed E-state index contributed by atoms with van der Waals surface area (Å²) in [6.45, 7) is 8.45. The molecule has 2 nitrogen and oxygen atoms in total. The summed E-state index contributed by atoms with van der Waals surface area (Å²) in [6, 6.07) is 0. The lowest BCUT2D eigenvalue weighted by Gasteiger charge is -2.13. The van der Waals surface area contributed by atoms with Gasteiger partial charge in [-0.2, -0.15) is 0 Å². The minimum absolute atomic E-state index is 0.281. The maximum Gasteiger partial charge on any atom is 0.138 e. The van der Waals surface area contributed by atoms with Crippen LogP contribution >= 0.6 is 11.3 Å². The summed E-state index contributed by atoms with van der Waals surface area (Å²) in [7, 11) is 0. The molecule has 2 heterocycles. The molecular weight excluding hydrogens is 194 g/mol. The molecule has 14 heavy (non-hydrogen) atoms. The van der Waals surface area contributed by atoms with E-state index >= 15 is 0 Å². The molecule has 1 atom stereocenters. The number of thiophene rings is 1. The molecule has 0 radical (unpaired) electrons. The fourth-order valence-electron chi connectivity index (χ4n) is 1.69. The van der Waals surface area contributed by atoms with Crippen molar-refractivity contribution in [2.24, 2.45) is 0 Å². The van der Waals surface area contributed by atoms with Crippen molar-refractivity contribution in [2.45, 2.75) is 39.3 Å². The third kappa shape index (κ3) is 1.79. The van der Waals surface area contributed by atoms with E-state index in [-0.39, 0.29) is 6.10 Å². The van der Waals surface area contributed by atoms with Crippen LogP contribution in [0, 0.1) is 0 Å². The van der Waals surface area contributed by atoms with Crippen LogP contribution in [-0.2, 0) is 6.54 Å². The fraction of sp³-hybridized carbons (Fsp3) is 0.636. The molecule has 0 saturated carbocycles. The number of hydrogen-bond donors (Lipinski definition) is 1. The third-order valence-corrected chi connectivity index (χ3v) is 3.49. The minimum Gasteiger partial charge on any atom is -0.488 e. The predicted octanol–water partition coefficient (Wildman–Crippen LogP) is 2.74. The predicted molar refractivity (Wildman–Crippen MR) is 60.2 cm³/mol. The van der Waals surface area contributed by atoms with Crippen molar-refractivity contribution >= 4 is 11.3 Å². The van der Waals surface area contributed by atoms with Crippen LogP contribution in [0.4, 0.5) is 0 Å². The Hall–Kier alpha value is -0.540. The topological polar surface area (TPSA) is 21.3 Å². The smallest absolute Gasteiger partial charge is 0.138 e. The molecule has 0 amide bonds. The van der Waals surface area contributed by atoms with E-state index in [0.29, 0.717) is 5.92 Å². The molecule has 0 spiro atoms. The molecule has 0 fully saturated rings. The lowest BCUT2D eigenvalue weighted by atomic mass is 10.1. The standard InChI is InChI=1S/C11H17NOS/c1-7(2)9-6-14-10-5-12-4-8(3)13-11(9)10/h6-8,12H,4-5H2,1-3H3. The largest absolute Gasteiger partial charge is 0.488 e. The Balaban J connectivity index is 2.34. The zero-order valence-corrected chi connectivity index (χ0v) is 9.78. The Morgan fingerprint density at radius 3 is 3.07 bits per heavy atom. The van der Waals surface area contributed by atoms with Crippen molar-refractivity contribution in [3.8, 4) is 5.75 Å². The Bertz CT molecular complexity index is 319. The van der Waals surface area contributed by atoms with E-state index in [0.717, 1.165) is 18.8 Å². The first-order valence-corrected chi connectivity index (χ1v) is 6.04. The molecule has 0 aromatic carbocycles. The quantitative estimate of drug-likeness (QED) is 0.771. The van der Waals surface area contributed by atoms with Crippen LogP contribution in [0.25, 0.3) is 0 Å². The molecule has 1 N–H and O–H groups in total. The summed E-state index contributed by atoms with van der Waals surface area (Å²) in [6.07, 6.45) is 0.281. The summed E-state index contributed by atoms with van der Waals surface area (Å²) in [5, 5.41) is 5.62. The normalized spacial score (nSPS) is 21.6. The molecule has 1 unspecified atom stereocenters. The van der Waals surface area contributed by atoms with Crippen molar-refractivity contribution in [2.75, 3.05) is 6.54 Å². The number of nitrogens with one attached hydrogen (secondary N) is 1. The summed E-state index contributed by atoms with van der Waals surface area (Å²) < 4.78 is 5.94. The van der Waals surface area contributed by atoms with Crippen LogP contribution in [-0.4, -0.2) is 12.6 Å². The van der Waals surface area contributed by atoms with Gasteiger partial charge in [-0.25, -0.2) is 0 Å². The second kappa shape index (κ2) is 3.91. The molecule has 0 aliphatic carbocycles. The van der Waals surface area contributed by atoms with E-state index in [1.165, 1.54) is 10.4 Å². The van der Waals surface area contributed by atoms with Gasteiger partial charge in [0.05, 0.1) is 4.88 Å². The number of rotatable bonds is 1. The summed E-state index contributed by atoms with van der Waals surface area (Å²) in [5.41, 5.74) is 1.36. The monoisotopic (exact) mass is 211 g/mol. The van der Waals surface area contributed by atoms with E-state index in [4.69, 9.17) is 4.74 Å². The molecule has 0 saturated heterocycles. The molecule has 2 rings (SSSR count). The van der Waals surface area contributed by atoms with Gasteiger partial charge in [-0.15, -0.1) is 11.3 Å². The van der Waals surface area contributed by atoms with E-state index in [2.05, 4.69) is 31.5 Å². The highest BCUT2D eigenvalue weighted by Gasteiger charge is 2.20. The van der Waals surface area contributed by atoms with Crippen LogP contribution < -0.4 is 10.1 Å². The van der Waals surface area contributed by atoms with Gasteiger partial charge in [0.2, 0.25) is 0 Å². The third-order valence-electron chi connectivity index (χ3n) is 2.50. The van der Waals surface area contributed by atoms with Crippen molar-refractivity contribution < 1.29 is 4.74 Å². The van der Waals surface area contributed by atoms with E-state index in [1.54, 1.807) is 0 Å². The molecule has 0 bridgehead atoms. The van der Waals surface area contributed by atoms with Gasteiger partial charge in [0.25, 0.3) is 0 Å². The molecule has 1 aliphatic heterocycles. The lowest BCUT2D eigenvalue weighted by molar-refractivity contribution is 0.224. The molecular formula is C11H17NOS. The van der Waals surface area contributed by atoms with Crippen LogP contribution in [0.2, 0.25) is 0 Å². The van der Waals surface area contributed by atoms with Crippen LogP contribution in [0.3, 0.4) is 0 Å². The summed E-state index contributed by atoms with van der Waals surface area (Å²) >= 11 is 1.81. The molecule has 1 aromatic rings. The number of hydrogen-bond acceptors (Lipinski definition) is 3. The average Bonchev–Trinajstić information content (AvgIpc) is 2.41. The van der Waals surface area contributed by atoms with Gasteiger partial charge in [-0.3, -0.25) is 0 Å². The van der Waals surface area contributed by atoms with Gasteiger partial charge in [0.15, 0.2) is 0 Å². The maximum atomic E-state index is 5.94. The number of ether oxygens (including phenoxy) is 1. The lowest BCUT2D eigenvalue weighted by Crippen LogP contribution is -2.25. The summed E-state index contributed by atoms with van der Waals surface area (Å²) in [4.78, 5) is 1.35. The summed E-state index contributed by atoms with van der Waals surface area (Å²) in [5.74, 6) is 1.70. The van der Waals surface area contributed by atoms with Gasteiger partial charge < -0.3 is 10.1 Å². The van der Waals surface area contributed by atoms with Gasteiger partial charge in [0, 0.05) is 18.7 Å². The van der Waals surface area contributed by atoms with E-state index < -0.39 is 0 Å². The highest BCUT2D eigenvalue weighted by Crippen LogP contribution is 2.37. The van der Waals surface area contributed by atoms with Crippen LogP contribution in [0.5, 0.6) is 5.75 Å². The highest BCUT2D eigenvalue weighted by molar-refractivity contribution is 7.10. The highest BCUT2D eigenvalue weighted by atomic mass is 32.1. The maximum absolute atomic E-state index is 5.94. The first-order valence-electron chi connectivity index (χ1n) is 5.16. The van der Waals surface area contributed by atoms with Gasteiger partial charge in [0.1, 0.15) is 11.9 Å².